The Balaban J connectivity index is 2.07. The Morgan fingerprint density at radius 1 is 1.20 bits per heavy atom. The van der Waals surface area contributed by atoms with E-state index in [-0.39, 0.29) is 11.0 Å². The van der Waals surface area contributed by atoms with Crippen LogP contribution in [0, 0.1) is 11.3 Å². The van der Waals surface area contributed by atoms with Crippen molar-refractivity contribution in [3.05, 3.63) is 24.3 Å². The molecule has 2 rings (SSSR count). The summed E-state index contributed by atoms with van der Waals surface area (Å²) in [5, 5.41) is 5.08. The van der Waals surface area contributed by atoms with E-state index in [1.165, 1.54) is 18.6 Å². The van der Waals surface area contributed by atoms with Crippen LogP contribution in [0.4, 0.5) is 0 Å². The SMILES string of the molecule is CC1CC(Oc2ccc(S(N)(=O)=O)cc2)CC(C)(C)C1. The van der Waals surface area contributed by atoms with E-state index in [1.54, 1.807) is 12.1 Å². The molecule has 0 bridgehead atoms. The first-order chi connectivity index (χ1) is 9.16. The van der Waals surface area contributed by atoms with Crippen LogP contribution in [0.25, 0.3) is 0 Å². The molecule has 0 saturated heterocycles. The van der Waals surface area contributed by atoms with Crippen molar-refractivity contribution < 1.29 is 13.2 Å². The smallest absolute Gasteiger partial charge is 0.238 e. The van der Waals surface area contributed by atoms with Crippen molar-refractivity contribution in [3.63, 3.8) is 0 Å². The van der Waals surface area contributed by atoms with Gasteiger partial charge in [0.1, 0.15) is 5.75 Å². The van der Waals surface area contributed by atoms with Gasteiger partial charge < -0.3 is 4.74 Å². The molecule has 1 aliphatic rings. The summed E-state index contributed by atoms with van der Waals surface area (Å²) in [5.74, 6) is 1.35. The van der Waals surface area contributed by atoms with Crippen LogP contribution in [-0.4, -0.2) is 14.5 Å². The first-order valence-electron chi connectivity index (χ1n) is 6.95. The Morgan fingerprint density at radius 2 is 1.80 bits per heavy atom. The van der Waals surface area contributed by atoms with Crippen LogP contribution in [0.1, 0.15) is 40.0 Å². The number of primary sulfonamides is 1. The molecule has 112 valence electrons. The summed E-state index contributed by atoms with van der Waals surface area (Å²) in [7, 11) is -3.64. The Morgan fingerprint density at radius 3 is 2.30 bits per heavy atom. The molecule has 2 unspecified atom stereocenters. The third-order valence-electron chi connectivity index (χ3n) is 3.80. The largest absolute Gasteiger partial charge is 0.490 e. The molecule has 1 aromatic carbocycles. The summed E-state index contributed by atoms with van der Waals surface area (Å²) >= 11 is 0. The lowest BCUT2D eigenvalue weighted by Crippen LogP contribution is -2.34. The zero-order valence-electron chi connectivity index (χ0n) is 12.3. The quantitative estimate of drug-likeness (QED) is 0.932. The van der Waals surface area contributed by atoms with Gasteiger partial charge in [-0.15, -0.1) is 0 Å². The van der Waals surface area contributed by atoms with Gasteiger partial charge in [-0.3, -0.25) is 0 Å². The van der Waals surface area contributed by atoms with Gasteiger partial charge in [0.2, 0.25) is 10.0 Å². The third-order valence-corrected chi connectivity index (χ3v) is 4.73. The molecule has 5 heteroatoms. The summed E-state index contributed by atoms with van der Waals surface area (Å²) in [6, 6.07) is 6.32. The van der Waals surface area contributed by atoms with E-state index in [9.17, 15) is 8.42 Å². The minimum Gasteiger partial charge on any atom is -0.490 e. The number of hydrogen-bond acceptors (Lipinski definition) is 3. The monoisotopic (exact) mass is 297 g/mol. The predicted molar refractivity (Wildman–Crippen MR) is 79.0 cm³/mol. The molecule has 1 aliphatic carbocycles. The van der Waals surface area contributed by atoms with Crippen molar-refractivity contribution in [2.24, 2.45) is 16.5 Å². The Labute approximate surface area is 121 Å². The lowest BCUT2D eigenvalue weighted by molar-refractivity contribution is 0.0562. The minimum absolute atomic E-state index is 0.113. The van der Waals surface area contributed by atoms with E-state index in [4.69, 9.17) is 9.88 Å². The van der Waals surface area contributed by atoms with Crippen molar-refractivity contribution >= 4 is 10.0 Å². The molecule has 0 heterocycles. The second-order valence-corrected chi connectivity index (χ2v) is 8.23. The molecule has 0 aliphatic heterocycles. The van der Waals surface area contributed by atoms with Gasteiger partial charge in [-0.1, -0.05) is 20.8 Å². The van der Waals surface area contributed by atoms with Crippen LogP contribution in [0.2, 0.25) is 0 Å². The van der Waals surface area contributed by atoms with Crippen molar-refractivity contribution in [1.82, 2.24) is 0 Å². The maximum atomic E-state index is 11.2. The molecule has 1 aromatic rings. The highest BCUT2D eigenvalue weighted by molar-refractivity contribution is 7.89. The molecular weight excluding hydrogens is 274 g/mol. The van der Waals surface area contributed by atoms with E-state index in [1.807, 2.05) is 0 Å². The van der Waals surface area contributed by atoms with E-state index >= 15 is 0 Å². The van der Waals surface area contributed by atoms with Gasteiger partial charge >= 0.3 is 0 Å². The molecule has 0 radical (unpaired) electrons. The van der Waals surface area contributed by atoms with Gasteiger partial charge in [-0.05, 0) is 54.9 Å². The van der Waals surface area contributed by atoms with Crippen LogP contribution in [0.15, 0.2) is 29.2 Å². The van der Waals surface area contributed by atoms with Crippen LogP contribution in [0.3, 0.4) is 0 Å². The van der Waals surface area contributed by atoms with Crippen LogP contribution in [-0.2, 0) is 10.0 Å². The zero-order chi connectivity index (χ0) is 15.0. The molecule has 1 saturated carbocycles. The van der Waals surface area contributed by atoms with Crippen LogP contribution >= 0.6 is 0 Å². The normalized spacial score (nSPS) is 26.2. The first kappa shape index (κ1) is 15.3. The molecular formula is C15H23NO3S. The predicted octanol–water partition coefficient (Wildman–Crippen LogP) is 2.93. The average Bonchev–Trinajstić information content (AvgIpc) is 2.25. The van der Waals surface area contributed by atoms with Gasteiger partial charge in [-0.25, -0.2) is 13.6 Å². The van der Waals surface area contributed by atoms with E-state index in [2.05, 4.69) is 20.8 Å². The topological polar surface area (TPSA) is 69.4 Å². The standard InChI is InChI=1S/C15H23NO3S/c1-11-8-13(10-15(2,3)9-11)19-12-4-6-14(7-5-12)20(16,17)18/h4-7,11,13H,8-10H2,1-3H3,(H2,16,17,18). The summed E-state index contributed by atoms with van der Waals surface area (Å²) < 4.78 is 28.4. The van der Waals surface area contributed by atoms with Gasteiger partial charge in [-0.2, -0.15) is 0 Å². The number of ether oxygens (including phenoxy) is 1. The van der Waals surface area contributed by atoms with Gasteiger partial charge in [0, 0.05) is 0 Å². The maximum Gasteiger partial charge on any atom is 0.238 e. The summed E-state index contributed by atoms with van der Waals surface area (Å²) in [6.07, 6.45) is 3.47. The molecule has 1 fully saturated rings. The highest BCUT2D eigenvalue weighted by Crippen LogP contribution is 2.39. The lowest BCUT2D eigenvalue weighted by atomic mass is 9.71. The lowest BCUT2D eigenvalue weighted by Gasteiger charge is -2.38. The van der Waals surface area contributed by atoms with Crippen LogP contribution < -0.4 is 9.88 Å². The molecule has 0 spiro atoms. The molecule has 20 heavy (non-hydrogen) atoms. The number of nitrogens with two attached hydrogens (primary N) is 1. The second-order valence-electron chi connectivity index (χ2n) is 6.67. The van der Waals surface area contributed by atoms with Gasteiger partial charge in [0.05, 0.1) is 11.0 Å². The van der Waals surface area contributed by atoms with Gasteiger partial charge in [0.25, 0.3) is 0 Å². The van der Waals surface area contributed by atoms with Crippen LogP contribution in [0.5, 0.6) is 5.75 Å². The fourth-order valence-electron chi connectivity index (χ4n) is 3.25. The second kappa shape index (κ2) is 5.37. The number of hydrogen-bond donors (Lipinski definition) is 1. The highest BCUT2D eigenvalue weighted by Gasteiger charge is 2.33. The van der Waals surface area contributed by atoms with E-state index in [0.717, 1.165) is 12.8 Å². The number of rotatable bonds is 3. The Bertz CT molecular complexity index is 563. The fraction of sp³-hybridized carbons (Fsp3) is 0.600. The fourth-order valence-corrected chi connectivity index (χ4v) is 3.76. The summed E-state index contributed by atoms with van der Waals surface area (Å²) in [6.45, 7) is 6.79. The van der Waals surface area contributed by atoms with E-state index in [0.29, 0.717) is 17.1 Å². The van der Waals surface area contributed by atoms with Crippen molar-refractivity contribution in [2.45, 2.75) is 51.0 Å². The van der Waals surface area contributed by atoms with Crippen molar-refractivity contribution in [1.29, 1.82) is 0 Å². The number of benzene rings is 1. The minimum atomic E-state index is -3.64. The highest BCUT2D eigenvalue weighted by atomic mass is 32.2. The zero-order valence-corrected chi connectivity index (χ0v) is 13.1. The van der Waals surface area contributed by atoms with Gasteiger partial charge in [0.15, 0.2) is 0 Å². The summed E-state index contributed by atoms with van der Waals surface area (Å²) in [4.78, 5) is 0.113. The van der Waals surface area contributed by atoms with Crippen molar-refractivity contribution in [2.75, 3.05) is 0 Å². The van der Waals surface area contributed by atoms with Crippen molar-refractivity contribution in [3.8, 4) is 5.75 Å². The maximum absolute atomic E-state index is 11.2. The molecule has 2 N–H and O–H groups in total. The molecule has 0 aromatic heterocycles. The Kier molecular flexibility index (Phi) is 4.12. The number of sulfonamides is 1. The average molecular weight is 297 g/mol. The van der Waals surface area contributed by atoms with E-state index < -0.39 is 10.0 Å². The third kappa shape index (κ3) is 3.96. The summed E-state index contributed by atoms with van der Waals surface area (Å²) in [5.41, 5.74) is 0.295. The first-order valence-corrected chi connectivity index (χ1v) is 8.50. The molecule has 0 amide bonds. The Hall–Kier alpha value is -1.07. The molecule has 2 atom stereocenters. The molecule has 4 nitrogen and oxygen atoms in total.